The number of hydrogen-bond acceptors (Lipinski definition) is 3. The van der Waals surface area contributed by atoms with Crippen LogP contribution in [0.5, 0.6) is 0 Å². The van der Waals surface area contributed by atoms with Gasteiger partial charge in [-0.1, -0.05) is 32.1 Å². The van der Waals surface area contributed by atoms with Gasteiger partial charge in [0.1, 0.15) is 0 Å². The van der Waals surface area contributed by atoms with Gasteiger partial charge in [0, 0.05) is 6.04 Å². The van der Waals surface area contributed by atoms with Crippen LogP contribution in [0, 0.1) is 0 Å². The lowest BCUT2D eigenvalue weighted by atomic mass is 9.95. The van der Waals surface area contributed by atoms with Gasteiger partial charge in [-0.3, -0.25) is 9.59 Å². The van der Waals surface area contributed by atoms with Gasteiger partial charge in [0.05, 0.1) is 12.1 Å². The highest BCUT2D eigenvalue weighted by Crippen LogP contribution is 2.27. The molecule has 5 nitrogen and oxygen atoms in total. The zero-order chi connectivity index (χ0) is 13.7. The average molecular weight is 304 g/mol. The minimum absolute atomic E-state index is 0. The first-order chi connectivity index (χ1) is 9.10. The smallest absolute Gasteiger partial charge is 0.240 e. The second kappa shape index (κ2) is 7.84. The Morgan fingerprint density at radius 1 is 1.05 bits per heavy atom. The highest BCUT2D eigenvalue weighted by molar-refractivity contribution is 5.90. The van der Waals surface area contributed by atoms with Crippen molar-refractivity contribution >= 4 is 24.2 Å². The molecule has 0 heterocycles. The zero-order valence-electron chi connectivity index (χ0n) is 12.0. The summed E-state index contributed by atoms with van der Waals surface area (Å²) < 4.78 is 0. The van der Waals surface area contributed by atoms with Gasteiger partial charge >= 0.3 is 0 Å². The maximum Gasteiger partial charge on any atom is 0.240 e. The van der Waals surface area contributed by atoms with E-state index in [1.807, 2.05) is 0 Å². The molecule has 2 aliphatic rings. The second-order valence-corrected chi connectivity index (χ2v) is 5.95. The molecule has 0 aromatic carbocycles. The number of nitrogens with one attached hydrogen (secondary N) is 2. The van der Waals surface area contributed by atoms with Crippen molar-refractivity contribution in [2.45, 2.75) is 69.4 Å². The third-order valence-electron chi connectivity index (χ3n) is 4.33. The Morgan fingerprint density at radius 2 is 1.65 bits per heavy atom. The number of amides is 2. The monoisotopic (exact) mass is 303 g/mol. The number of hydrogen-bond donors (Lipinski definition) is 3. The summed E-state index contributed by atoms with van der Waals surface area (Å²) in [6.07, 6.45) is 9.19. The lowest BCUT2D eigenvalue weighted by molar-refractivity contribution is -0.129. The first kappa shape index (κ1) is 17.2. The minimum atomic E-state index is -0.745. The van der Waals surface area contributed by atoms with E-state index in [4.69, 9.17) is 5.73 Å². The molecule has 6 heteroatoms. The molecule has 4 N–H and O–H groups in total. The quantitative estimate of drug-likeness (QED) is 0.730. The maximum atomic E-state index is 11.9. The van der Waals surface area contributed by atoms with Crippen LogP contribution in [-0.2, 0) is 9.59 Å². The summed E-state index contributed by atoms with van der Waals surface area (Å²) in [5.41, 5.74) is 5.28. The van der Waals surface area contributed by atoms with Gasteiger partial charge in [0.15, 0.2) is 0 Å². The van der Waals surface area contributed by atoms with Crippen LogP contribution < -0.4 is 16.4 Å². The van der Waals surface area contributed by atoms with Crippen LogP contribution in [0.4, 0.5) is 0 Å². The highest BCUT2D eigenvalue weighted by atomic mass is 35.5. The molecule has 0 saturated heterocycles. The summed E-state index contributed by atoms with van der Waals surface area (Å²) in [5.74, 6) is -0.273. The molecule has 2 rings (SSSR count). The van der Waals surface area contributed by atoms with E-state index in [0.29, 0.717) is 0 Å². The maximum absolute atomic E-state index is 11.9. The van der Waals surface area contributed by atoms with Gasteiger partial charge in [0.25, 0.3) is 0 Å². The molecule has 0 bridgehead atoms. The molecule has 0 atom stereocenters. The van der Waals surface area contributed by atoms with E-state index >= 15 is 0 Å². The summed E-state index contributed by atoms with van der Waals surface area (Å²) >= 11 is 0. The normalized spacial score (nSPS) is 21.9. The van der Waals surface area contributed by atoms with Gasteiger partial charge in [-0.25, -0.2) is 0 Å². The van der Waals surface area contributed by atoms with Crippen molar-refractivity contribution in [3.8, 4) is 0 Å². The Kier molecular flexibility index (Phi) is 6.76. The van der Waals surface area contributed by atoms with E-state index in [9.17, 15) is 9.59 Å². The van der Waals surface area contributed by atoms with Crippen LogP contribution in [-0.4, -0.2) is 29.9 Å². The molecule has 2 saturated carbocycles. The SMILES string of the molecule is Cl.NC1(C(=O)NCC(=O)NC2CCCCC2)CCCC1. The van der Waals surface area contributed by atoms with E-state index < -0.39 is 5.54 Å². The van der Waals surface area contributed by atoms with Crippen LogP contribution in [0.15, 0.2) is 0 Å². The predicted octanol–water partition coefficient (Wildman–Crippen LogP) is 1.24. The van der Waals surface area contributed by atoms with Crippen molar-refractivity contribution in [1.29, 1.82) is 0 Å². The Bertz CT molecular complexity index is 337. The molecule has 0 aromatic heterocycles. The summed E-state index contributed by atoms with van der Waals surface area (Å²) in [6, 6.07) is 0.288. The van der Waals surface area contributed by atoms with Crippen molar-refractivity contribution in [3.63, 3.8) is 0 Å². The first-order valence-corrected chi connectivity index (χ1v) is 7.47. The minimum Gasteiger partial charge on any atom is -0.352 e. The molecule has 2 fully saturated rings. The molecule has 0 radical (unpaired) electrons. The Labute approximate surface area is 126 Å². The number of halogens is 1. The van der Waals surface area contributed by atoms with Crippen LogP contribution in [0.2, 0.25) is 0 Å². The van der Waals surface area contributed by atoms with E-state index in [1.54, 1.807) is 0 Å². The summed E-state index contributed by atoms with van der Waals surface area (Å²) in [5, 5.41) is 5.66. The second-order valence-electron chi connectivity index (χ2n) is 5.95. The molecule has 20 heavy (non-hydrogen) atoms. The van der Waals surface area contributed by atoms with Gasteiger partial charge in [-0.15, -0.1) is 12.4 Å². The first-order valence-electron chi connectivity index (χ1n) is 7.47. The standard InChI is InChI=1S/C14H25N3O2.ClH/c15-14(8-4-5-9-14)13(19)16-10-12(18)17-11-6-2-1-3-7-11;/h11H,1-10,15H2,(H,16,19)(H,17,18);1H. The fraction of sp³-hybridized carbons (Fsp3) is 0.857. The van der Waals surface area contributed by atoms with Crippen LogP contribution >= 0.6 is 12.4 Å². The van der Waals surface area contributed by atoms with Crippen molar-refractivity contribution in [2.24, 2.45) is 5.73 Å². The highest BCUT2D eigenvalue weighted by Gasteiger charge is 2.36. The van der Waals surface area contributed by atoms with Gasteiger partial charge in [0.2, 0.25) is 11.8 Å². The molecule has 0 aliphatic heterocycles. The van der Waals surface area contributed by atoms with Crippen molar-refractivity contribution < 1.29 is 9.59 Å². The van der Waals surface area contributed by atoms with E-state index in [0.717, 1.165) is 38.5 Å². The largest absolute Gasteiger partial charge is 0.352 e. The van der Waals surface area contributed by atoms with Crippen molar-refractivity contribution in [2.75, 3.05) is 6.54 Å². The van der Waals surface area contributed by atoms with Gasteiger partial charge in [-0.05, 0) is 25.7 Å². The molecule has 2 aliphatic carbocycles. The van der Waals surface area contributed by atoms with Crippen molar-refractivity contribution in [1.82, 2.24) is 10.6 Å². The summed E-state index contributed by atoms with van der Waals surface area (Å²) in [4.78, 5) is 23.7. The molecular formula is C14H26ClN3O2. The fourth-order valence-corrected chi connectivity index (χ4v) is 3.10. The van der Waals surface area contributed by atoms with E-state index in [-0.39, 0.29) is 36.8 Å². The summed E-state index contributed by atoms with van der Waals surface area (Å²) in [7, 11) is 0. The third kappa shape index (κ3) is 4.63. The van der Waals surface area contributed by atoms with Crippen LogP contribution in [0.25, 0.3) is 0 Å². The van der Waals surface area contributed by atoms with Crippen molar-refractivity contribution in [3.05, 3.63) is 0 Å². The molecule has 0 spiro atoms. The number of carbonyl (C=O) groups excluding carboxylic acids is 2. The Hall–Kier alpha value is -0.810. The van der Waals surface area contributed by atoms with Crippen LogP contribution in [0.1, 0.15) is 57.8 Å². The van der Waals surface area contributed by atoms with E-state index in [1.165, 1.54) is 19.3 Å². The summed E-state index contributed by atoms with van der Waals surface area (Å²) in [6.45, 7) is 0.0499. The molecular weight excluding hydrogens is 278 g/mol. The van der Waals surface area contributed by atoms with Gasteiger partial charge < -0.3 is 16.4 Å². The van der Waals surface area contributed by atoms with Crippen LogP contribution in [0.3, 0.4) is 0 Å². The fourth-order valence-electron chi connectivity index (χ4n) is 3.10. The molecule has 0 aromatic rings. The molecule has 0 unspecified atom stereocenters. The van der Waals surface area contributed by atoms with E-state index in [2.05, 4.69) is 10.6 Å². The lowest BCUT2D eigenvalue weighted by Gasteiger charge is -2.24. The number of rotatable bonds is 4. The number of carbonyl (C=O) groups is 2. The Morgan fingerprint density at radius 3 is 2.25 bits per heavy atom. The average Bonchev–Trinajstić information content (AvgIpc) is 2.85. The topological polar surface area (TPSA) is 84.2 Å². The number of nitrogens with two attached hydrogens (primary N) is 1. The predicted molar refractivity (Wildman–Crippen MR) is 80.7 cm³/mol. The zero-order valence-corrected chi connectivity index (χ0v) is 12.8. The molecule has 2 amide bonds. The third-order valence-corrected chi connectivity index (χ3v) is 4.33. The van der Waals surface area contributed by atoms with Gasteiger partial charge in [-0.2, -0.15) is 0 Å². The Balaban J connectivity index is 0.00000200. The lowest BCUT2D eigenvalue weighted by Crippen LogP contribution is -2.54. The molecule has 116 valence electrons.